The zero-order valence-corrected chi connectivity index (χ0v) is 16.1. The highest BCUT2D eigenvalue weighted by atomic mass is 32.2. The van der Waals surface area contributed by atoms with E-state index in [4.69, 9.17) is 0 Å². The number of hydrogen-bond acceptors (Lipinski definition) is 5. The molecule has 4 rings (SSSR count). The molecule has 1 fully saturated rings. The highest BCUT2D eigenvalue weighted by molar-refractivity contribution is 7.98. The third kappa shape index (κ3) is 3.64. The average molecular weight is 431 g/mol. The summed E-state index contributed by atoms with van der Waals surface area (Å²) in [6.45, 7) is 0. The summed E-state index contributed by atoms with van der Waals surface area (Å²) in [4.78, 5) is 12.6. The van der Waals surface area contributed by atoms with E-state index in [-0.39, 0.29) is 17.1 Å². The maximum Gasteiger partial charge on any atom is 0.416 e. The van der Waals surface area contributed by atoms with E-state index in [9.17, 15) is 26.4 Å². The lowest BCUT2D eigenvalue weighted by Gasteiger charge is -2.16. The molecular formula is C17H16F3N3O3S2. The minimum absolute atomic E-state index is 0.0535. The van der Waals surface area contributed by atoms with Crippen molar-refractivity contribution in [1.29, 1.82) is 0 Å². The van der Waals surface area contributed by atoms with Gasteiger partial charge in [0.15, 0.2) is 9.84 Å². The van der Waals surface area contributed by atoms with Crippen LogP contribution < -0.4 is 5.32 Å². The Balaban J connectivity index is 1.66. The Morgan fingerprint density at radius 1 is 1.29 bits per heavy atom. The zero-order chi connectivity index (χ0) is 20.1. The number of carbonyl (C=O) groups excluding carboxylic acids is 1. The molecule has 0 spiro atoms. The Labute approximate surface area is 163 Å². The summed E-state index contributed by atoms with van der Waals surface area (Å²) in [6, 6.07) is 3.79. The van der Waals surface area contributed by atoms with Gasteiger partial charge in [-0.25, -0.2) is 13.1 Å². The lowest BCUT2D eigenvalue weighted by molar-refractivity contribution is -0.137. The maximum absolute atomic E-state index is 12.9. The second kappa shape index (κ2) is 6.80. The van der Waals surface area contributed by atoms with Crippen LogP contribution in [0, 0.1) is 0 Å². The number of benzene rings is 1. The Morgan fingerprint density at radius 2 is 2.07 bits per heavy atom. The summed E-state index contributed by atoms with van der Waals surface area (Å²) in [5, 5.41) is 7.15. The zero-order valence-electron chi connectivity index (χ0n) is 14.5. The third-order valence-corrected chi connectivity index (χ3v) is 7.54. The normalized spacial score (nSPS) is 20.9. The van der Waals surface area contributed by atoms with Crippen LogP contribution >= 0.6 is 11.8 Å². The summed E-state index contributed by atoms with van der Waals surface area (Å²) in [6.07, 6.45) is -4.16. The third-order valence-electron chi connectivity index (χ3n) is 4.82. The molecule has 1 amide bonds. The molecule has 0 radical (unpaired) electrons. The predicted molar refractivity (Wildman–Crippen MR) is 98.9 cm³/mol. The van der Waals surface area contributed by atoms with Gasteiger partial charge >= 0.3 is 6.18 Å². The molecule has 2 aromatic rings. The lowest BCUT2D eigenvalue weighted by Crippen LogP contribution is -2.21. The summed E-state index contributed by atoms with van der Waals surface area (Å²) in [5.74, 6) is 0.934. The highest BCUT2D eigenvalue weighted by Gasteiger charge is 2.35. The number of rotatable bonds is 3. The molecule has 2 aliphatic rings. The van der Waals surface area contributed by atoms with E-state index in [2.05, 4.69) is 10.4 Å². The molecule has 150 valence electrons. The van der Waals surface area contributed by atoms with Gasteiger partial charge in [-0.05, 0) is 24.6 Å². The first-order chi connectivity index (χ1) is 13.1. The van der Waals surface area contributed by atoms with Crippen LogP contribution in [0.2, 0.25) is 0 Å². The number of anilines is 1. The van der Waals surface area contributed by atoms with Crippen molar-refractivity contribution in [3.63, 3.8) is 0 Å². The quantitative estimate of drug-likeness (QED) is 0.807. The fourth-order valence-electron chi connectivity index (χ4n) is 3.41. The molecule has 3 heterocycles. The van der Waals surface area contributed by atoms with Gasteiger partial charge in [0.2, 0.25) is 0 Å². The molecule has 0 aliphatic carbocycles. The fourth-order valence-corrected chi connectivity index (χ4v) is 6.14. The number of sulfone groups is 1. The van der Waals surface area contributed by atoms with Crippen molar-refractivity contribution in [2.75, 3.05) is 16.8 Å². The smallest absolute Gasteiger partial charge is 0.306 e. The van der Waals surface area contributed by atoms with E-state index in [1.807, 2.05) is 0 Å². The van der Waals surface area contributed by atoms with E-state index in [0.29, 0.717) is 23.7 Å². The fraction of sp³-hybridized carbons (Fsp3) is 0.412. The first kappa shape index (κ1) is 19.3. The van der Waals surface area contributed by atoms with Crippen LogP contribution in [0.3, 0.4) is 0 Å². The first-order valence-corrected chi connectivity index (χ1v) is 11.5. The standard InChI is InChI=1S/C17H16F3N3O3S2/c18-17(19,20)11-3-1-2-10(6-11)16(24)21-15-13-7-27-8-14(13)22-23(15)12-4-5-28(25,26)9-12/h1-3,6,12H,4-5,7-9H2,(H,21,24). The van der Waals surface area contributed by atoms with Crippen LogP contribution in [0.25, 0.3) is 0 Å². The van der Waals surface area contributed by atoms with Crippen LogP contribution in [-0.2, 0) is 27.5 Å². The van der Waals surface area contributed by atoms with Crippen molar-refractivity contribution in [3.8, 4) is 0 Å². The Bertz CT molecular complexity index is 1050. The van der Waals surface area contributed by atoms with E-state index in [1.54, 1.807) is 11.8 Å². The van der Waals surface area contributed by atoms with Crippen molar-refractivity contribution in [2.24, 2.45) is 0 Å². The Morgan fingerprint density at radius 3 is 2.75 bits per heavy atom. The van der Waals surface area contributed by atoms with Crippen molar-refractivity contribution < 1.29 is 26.4 Å². The number of alkyl halides is 3. The van der Waals surface area contributed by atoms with Crippen LogP contribution in [0.4, 0.5) is 19.0 Å². The molecule has 1 N–H and O–H groups in total. The molecule has 28 heavy (non-hydrogen) atoms. The van der Waals surface area contributed by atoms with Crippen molar-refractivity contribution in [2.45, 2.75) is 30.1 Å². The molecule has 1 saturated heterocycles. The molecule has 11 heteroatoms. The van der Waals surface area contributed by atoms with Crippen molar-refractivity contribution >= 4 is 33.3 Å². The lowest BCUT2D eigenvalue weighted by atomic mass is 10.1. The van der Waals surface area contributed by atoms with E-state index < -0.39 is 33.5 Å². The highest BCUT2D eigenvalue weighted by Crippen LogP contribution is 2.38. The number of nitrogens with zero attached hydrogens (tertiary/aromatic N) is 2. The number of carbonyl (C=O) groups is 1. The van der Waals surface area contributed by atoms with E-state index >= 15 is 0 Å². The second-order valence-corrected chi connectivity index (χ2v) is 10.0. The molecule has 2 aliphatic heterocycles. The van der Waals surface area contributed by atoms with Gasteiger partial charge in [-0.1, -0.05) is 6.07 Å². The van der Waals surface area contributed by atoms with Crippen LogP contribution in [0.1, 0.15) is 39.6 Å². The van der Waals surface area contributed by atoms with E-state index in [1.165, 1.54) is 16.8 Å². The Hall–Kier alpha value is -2.01. The average Bonchev–Trinajstić information content (AvgIpc) is 3.30. The van der Waals surface area contributed by atoms with Gasteiger partial charge in [0.05, 0.1) is 28.8 Å². The molecule has 1 aromatic carbocycles. The van der Waals surface area contributed by atoms with Gasteiger partial charge in [-0.15, -0.1) is 0 Å². The largest absolute Gasteiger partial charge is 0.416 e. The number of nitrogens with one attached hydrogen (secondary N) is 1. The van der Waals surface area contributed by atoms with Gasteiger partial charge in [-0.3, -0.25) is 4.79 Å². The van der Waals surface area contributed by atoms with Gasteiger partial charge in [0, 0.05) is 22.6 Å². The monoisotopic (exact) mass is 431 g/mol. The summed E-state index contributed by atoms with van der Waals surface area (Å²) < 4.78 is 64.0. The molecular weight excluding hydrogens is 415 g/mol. The van der Waals surface area contributed by atoms with Gasteiger partial charge in [-0.2, -0.15) is 30.0 Å². The number of halogens is 3. The summed E-state index contributed by atoms with van der Waals surface area (Å²) >= 11 is 1.61. The molecule has 1 unspecified atom stereocenters. The number of amides is 1. The summed E-state index contributed by atoms with van der Waals surface area (Å²) in [5.41, 5.74) is 0.542. The topological polar surface area (TPSA) is 81.1 Å². The maximum atomic E-state index is 12.9. The molecule has 6 nitrogen and oxygen atoms in total. The molecule has 1 atom stereocenters. The minimum Gasteiger partial charge on any atom is -0.306 e. The van der Waals surface area contributed by atoms with Crippen LogP contribution in [-0.4, -0.2) is 35.6 Å². The number of thioether (sulfide) groups is 1. The first-order valence-electron chi connectivity index (χ1n) is 8.51. The molecule has 1 aromatic heterocycles. The number of aromatic nitrogens is 2. The SMILES string of the molecule is O=C(Nc1c2c(nn1C1CCS(=O)(=O)C1)CSC2)c1cccc(C(F)(F)F)c1. The van der Waals surface area contributed by atoms with Crippen molar-refractivity contribution in [3.05, 3.63) is 46.6 Å². The number of fused-ring (bicyclic) bond motifs is 1. The van der Waals surface area contributed by atoms with Gasteiger partial charge in [0.25, 0.3) is 5.91 Å². The van der Waals surface area contributed by atoms with Crippen LogP contribution in [0.5, 0.6) is 0 Å². The molecule has 0 saturated carbocycles. The minimum atomic E-state index is -4.55. The molecule has 0 bridgehead atoms. The van der Waals surface area contributed by atoms with Gasteiger partial charge in [0.1, 0.15) is 5.82 Å². The number of hydrogen-bond donors (Lipinski definition) is 1. The van der Waals surface area contributed by atoms with Crippen LogP contribution in [0.15, 0.2) is 24.3 Å². The van der Waals surface area contributed by atoms with Gasteiger partial charge < -0.3 is 5.32 Å². The second-order valence-electron chi connectivity index (χ2n) is 6.80. The predicted octanol–water partition coefficient (Wildman–Crippen LogP) is 3.26. The van der Waals surface area contributed by atoms with E-state index in [0.717, 1.165) is 23.4 Å². The van der Waals surface area contributed by atoms with Crippen molar-refractivity contribution in [1.82, 2.24) is 9.78 Å². The Kier molecular flexibility index (Phi) is 4.69. The summed E-state index contributed by atoms with van der Waals surface area (Å²) in [7, 11) is -3.16.